The molecule has 0 aliphatic heterocycles. The van der Waals surface area contributed by atoms with Gasteiger partial charge in [-0.25, -0.2) is 4.79 Å². The molecule has 0 fully saturated rings. The Morgan fingerprint density at radius 2 is 1.65 bits per heavy atom. The van der Waals surface area contributed by atoms with Crippen molar-refractivity contribution in [2.75, 3.05) is 0 Å². The van der Waals surface area contributed by atoms with Gasteiger partial charge in [-0.1, -0.05) is 44.2 Å². The zero-order valence-electron chi connectivity index (χ0n) is 14.5. The summed E-state index contributed by atoms with van der Waals surface area (Å²) in [7, 11) is 0. The van der Waals surface area contributed by atoms with E-state index in [-0.39, 0.29) is 18.6 Å². The number of carbonyl (C=O) groups is 2. The molecule has 0 heterocycles. The van der Waals surface area contributed by atoms with Crippen molar-refractivity contribution in [1.82, 2.24) is 10.6 Å². The number of carbonyl (C=O) groups excluding carboxylic acids is 2. The second-order valence-electron chi connectivity index (χ2n) is 6.31. The number of hydrogen-bond acceptors (Lipinski definition) is 3. The number of benzene rings is 1. The molecule has 5 nitrogen and oxygen atoms in total. The Bertz CT molecular complexity index is 488. The van der Waals surface area contributed by atoms with Crippen LogP contribution >= 0.6 is 0 Å². The van der Waals surface area contributed by atoms with E-state index >= 15 is 0 Å². The molecule has 5 heteroatoms. The Morgan fingerprint density at radius 3 is 2.26 bits per heavy atom. The molecule has 0 radical (unpaired) electrons. The number of nitrogens with one attached hydrogen (secondary N) is 2. The summed E-state index contributed by atoms with van der Waals surface area (Å²) in [4.78, 5) is 23.7. The molecule has 128 valence electrons. The second kappa shape index (κ2) is 9.87. The molecule has 0 saturated carbocycles. The summed E-state index contributed by atoms with van der Waals surface area (Å²) in [5.74, 6) is 0.413. The minimum atomic E-state index is -0.625. The van der Waals surface area contributed by atoms with Crippen LogP contribution in [0.25, 0.3) is 0 Å². The number of alkyl carbamates (subject to hydrolysis) is 1. The Labute approximate surface area is 138 Å². The van der Waals surface area contributed by atoms with E-state index in [9.17, 15) is 9.59 Å². The molecule has 2 N–H and O–H groups in total. The molecule has 23 heavy (non-hydrogen) atoms. The van der Waals surface area contributed by atoms with E-state index in [1.807, 2.05) is 37.3 Å². The maximum absolute atomic E-state index is 12.0. The predicted molar refractivity (Wildman–Crippen MR) is 90.9 cm³/mol. The second-order valence-corrected chi connectivity index (χ2v) is 6.31. The average Bonchev–Trinajstić information content (AvgIpc) is 2.51. The highest BCUT2D eigenvalue weighted by molar-refractivity contribution is 5.85. The van der Waals surface area contributed by atoms with Gasteiger partial charge in [0, 0.05) is 6.04 Å². The third-order valence-electron chi connectivity index (χ3n) is 3.51. The first-order valence-electron chi connectivity index (χ1n) is 8.16. The van der Waals surface area contributed by atoms with Gasteiger partial charge in [-0.2, -0.15) is 0 Å². The largest absolute Gasteiger partial charge is 0.445 e. The molecule has 1 unspecified atom stereocenters. The third-order valence-corrected chi connectivity index (χ3v) is 3.51. The van der Waals surface area contributed by atoms with Crippen LogP contribution in [0.15, 0.2) is 30.3 Å². The van der Waals surface area contributed by atoms with Crippen LogP contribution in [0, 0.1) is 5.92 Å². The van der Waals surface area contributed by atoms with Crippen molar-refractivity contribution >= 4 is 12.0 Å². The van der Waals surface area contributed by atoms with Crippen molar-refractivity contribution in [3.8, 4) is 0 Å². The van der Waals surface area contributed by atoms with Crippen LogP contribution in [-0.2, 0) is 16.1 Å². The van der Waals surface area contributed by atoms with Crippen LogP contribution in [0.3, 0.4) is 0 Å². The fraction of sp³-hybridized carbons (Fsp3) is 0.556. The van der Waals surface area contributed by atoms with E-state index in [1.165, 1.54) is 0 Å². The number of ether oxygens (including phenoxy) is 1. The van der Waals surface area contributed by atoms with E-state index in [0.717, 1.165) is 18.4 Å². The molecule has 0 aliphatic rings. The molecule has 0 aromatic heterocycles. The van der Waals surface area contributed by atoms with Crippen LogP contribution in [0.5, 0.6) is 0 Å². The summed E-state index contributed by atoms with van der Waals surface area (Å²) in [5, 5.41) is 5.45. The molecular weight excluding hydrogens is 292 g/mol. The molecule has 2 amide bonds. The fourth-order valence-electron chi connectivity index (χ4n) is 2.03. The van der Waals surface area contributed by atoms with E-state index in [0.29, 0.717) is 5.92 Å². The van der Waals surface area contributed by atoms with E-state index < -0.39 is 12.1 Å². The molecule has 1 rings (SSSR count). The van der Waals surface area contributed by atoms with Crippen molar-refractivity contribution in [1.29, 1.82) is 0 Å². The van der Waals surface area contributed by atoms with Crippen LogP contribution in [0.4, 0.5) is 4.79 Å². The Hall–Kier alpha value is -2.04. The lowest BCUT2D eigenvalue weighted by Gasteiger charge is -2.19. The minimum absolute atomic E-state index is 0.0921. The van der Waals surface area contributed by atoms with E-state index in [2.05, 4.69) is 24.5 Å². The van der Waals surface area contributed by atoms with Crippen molar-refractivity contribution in [3.63, 3.8) is 0 Å². The van der Waals surface area contributed by atoms with Crippen molar-refractivity contribution in [2.45, 2.75) is 59.2 Å². The van der Waals surface area contributed by atoms with Crippen LogP contribution in [-0.4, -0.2) is 24.1 Å². The molecule has 0 aliphatic carbocycles. The molecule has 0 saturated heterocycles. The Morgan fingerprint density at radius 1 is 1.00 bits per heavy atom. The number of amides is 2. The molecule has 2 atom stereocenters. The zero-order chi connectivity index (χ0) is 17.2. The summed E-state index contributed by atoms with van der Waals surface area (Å²) in [6, 6.07) is 8.88. The first-order valence-corrected chi connectivity index (χ1v) is 8.16. The predicted octanol–water partition coefficient (Wildman–Crippen LogP) is 3.24. The van der Waals surface area contributed by atoms with Crippen LogP contribution in [0.1, 0.15) is 46.1 Å². The standard InChI is InChI=1S/C18H28N2O3/c1-13(2)10-11-14(3)19-17(21)15(4)20-18(22)23-12-16-8-6-5-7-9-16/h5-9,13-15H,10-12H2,1-4H3,(H,19,21)(H,20,22)/t14?,15-/m0/s1. The van der Waals surface area contributed by atoms with Crippen LogP contribution < -0.4 is 10.6 Å². The van der Waals surface area contributed by atoms with Gasteiger partial charge in [-0.15, -0.1) is 0 Å². The molecular formula is C18H28N2O3. The van der Waals surface area contributed by atoms with Gasteiger partial charge < -0.3 is 15.4 Å². The fourth-order valence-corrected chi connectivity index (χ4v) is 2.03. The van der Waals surface area contributed by atoms with Gasteiger partial charge >= 0.3 is 6.09 Å². The number of hydrogen-bond donors (Lipinski definition) is 2. The molecule has 0 bridgehead atoms. The number of rotatable bonds is 8. The SMILES string of the molecule is CC(C)CCC(C)NC(=O)[C@H](C)NC(=O)OCc1ccccc1. The van der Waals surface area contributed by atoms with Gasteiger partial charge in [-0.05, 0) is 38.2 Å². The molecule has 1 aromatic rings. The maximum Gasteiger partial charge on any atom is 0.408 e. The topological polar surface area (TPSA) is 67.4 Å². The van der Waals surface area contributed by atoms with Crippen molar-refractivity contribution in [2.24, 2.45) is 5.92 Å². The average molecular weight is 320 g/mol. The summed E-state index contributed by atoms with van der Waals surface area (Å²) >= 11 is 0. The highest BCUT2D eigenvalue weighted by atomic mass is 16.5. The normalized spacial score (nSPS) is 13.3. The van der Waals surface area contributed by atoms with E-state index in [4.69, 9.17) is 4.74 Å². The lowest BCUT2D eigenvalue weighted by molar-refractivity contribution is -0.123. The first-order chi connectivity index (χ1) is 10.9. The molecule has 1 aromatic carbocycles. The Balaban J connectivity index is 2.29. The zero-order valence-corrected chi connectivity index (χ0v) is 14.5. The lowest BCUT2D eigenvalue weighted by atomic mass is 10.0. The maximum atomic E-state index is 12.0. The summed E-state index contributed by atoms with van der Waals surface area (Å²) in [6.07, 6.45) is 1.39. The van der Waals surface area contributed by atoms with Gasteiger partial charge in [-0.3, -0.25) is 4.79 Å². The highest BCUT2D eigenvalue weighted by Crippen LogP contribution is 2.06. The lowest BCUT2D eigenvalue weighted by Crippen LogP contribution is -2.47. The van der Waals surface area contributed by atoms with E-state index in [1.54, 1.807) is 6.92 Å². The van der Waals surface area contributed by atoms with Gasteiger partial charge in [0.05, 0.1) is 0 Å². The van der Waals surface area contributed by atoms with Gasteiger partial charge in [0.25, 0.3) is 0 Å². The summed E-state index contributed by atoms with van der Waals surface area (Å²) in [5.41, 5.74) is 0.905. The van der Waals surface area contributed by atoms with Crippen LogP contribution in [0.2, 0.25) is 0 Å². The Kier molecular flexibility index (Phi) is 8.16. The summed E-state index contributed by atoms with van der Waals surface area (Å²) < 4.78 is 5.10. The van der Waals surface area contributed by atoms with Gasteiger partial charge in [0.2, 0.25) is 5.91 Å². The molecule has 0 spiro atoms. The monoisotopic (exact) mass is 320 g/mol. The van der Waals surface area contributed by atoms with Crippen molar-refractivity contribution in [3.05, 3.63) is 35.9 Å². The minimum Gasteiger partial charge on any atom is -0.445 e. The highest BCUT2D eigenvalue weighted by Gasteiger charge is 2.18. The summed E-state index contributed by atoms with van der Waals surface area (Å²) in [6.45, 7) is 8.11. The van der Waals surface area contributed by atoms with Gasteiger partial charge in [0.1, 0.15) is 12.6 Å². The quantitative estimate of drug-likeness (QED) is 0.772. The van der Waals surface area contributed by atoms with Crippen molar-refractivity contribution < 1.29 is 14.3 Å². The smallest absolute Gasteiger partial charge is 0.408 e. The first kappa shape index (κ1) is 19.0. The third kappa shape index (κ3) is 8.24. The van der Waals surface area contributed by atoms with Gasteiger partial charge in [0.15, 0.2) is 0 Å².